The third-order valence-electron chi connectivity index (χ3n) is 4.21. The van der Waals surface area contributed by atoms with Crippen molar-refractivity contribution in [2.45, 2.75) is 26.6 Å². The molecule has 3 rings (SSSR count). The first-order chi connectivity index (χ1) is 12.3. The van der Waals surface area contributed by atoms with Gasteiger partial charge < -0.3 is 4.89 Å². The van der Waals surface area contributed by atoms with Crippen LogP contribution in [0.2, 0.25) is 0 Å². The molecule has 7 nitrogen and oxygen atoms in total. The van der Waals surface area contributed by atoms with Crippen molar-refractivity contribution in [3.8, 4) is 0 Å². The molecule has 1 heterocycles. The number of rotatable bonds is 5. The van der Waals surface area contributed by atoms with Crippen LogP contribution in [0, 0.1) is 15.5 Å². The third kappa shape index (κ3) is 4.09. The van der Waals surface area contributed by atoms with E-state index < -0.39 is 24.6 Å². The van der Waals surface area contributed by atoms with E-state index in [-0.39, 0.29) is 18.9 Å². The van der Waals surface area contributed by atoms with Gasteiger partial charge in [-0.3, -0.25) is 10.1 Å². The Morgan fingerprint density at radius 1 is 1.19 bits per heavy atom. The summed E-state index contributed by atoms with van der Waals surface area (Å²) in [7, 11) is -3.85. The number of benzene rings is 2. The van der Waals surface area contributed by atoms with E-state index in [0.29, 0.717) is 5.56 Å². The largest absolute Gasteiger partial charge is 0.606 e. The van der Waals surface area contributed by atoms with Crippen molar-refractivity contribution in [3.05, 3.63) is 75.8 Å². The molecule has 0 saturated carbocycles. The van der Waals surface area contributed by atoms with Crippen molar-refractivity contribution in [2.24, 2.45) is 5.41 Å². The zero-order valence-electron chi connectivity index (χ0n) is 14.5. The summed E-state index contributed by atoms with van der Waals surface area (Å²) < 4.78 is 16.5. The van der Waals surface area contributed by atoms with Gasteiger partial charge in [-0.15, -0.1) is 0 Å². The van der Waals surface area contributed by atoms with Gasteiger partial charge in [-0.1, -0.05) is 56.3 Å². The maximum absolute atomic E-state index is 12.9. The van der Waals surface area contributed by atoms with Crippen molar-refractivity contribution >= 4 is 13.9 Å². The molecule has 138 valence electrons. The highest BCUT2D eigenvalue weighted by molar-refractivity contribution is 7.54. The van der Waals surface area contributed by atoms with E-state index >= 15 is 0 Å². The lowest BCUT2D eigenvalue weighted by Crippen LogP contribution is -2.38. The van der Waals surface area contributed by atoms with Crippen molar-refractivity contribution < 1.29 is 23.4 Å². The van der Waals surface area contributed by atoms with E-state index in [1.54, 1.807) is 18.2 Å². The predicted molar refractivity (Wildman–Crippen MR) is 94.8 cm³/mol. The van der Waals surface area contributed by atoms with E-state index in [9.17, 15) is 15.0 Å². The molecule has 2 aromatic carbocycles. The van der Waals surface area contributed by atoms with E-state index in [1.807, 2.05) is 44.2 Å². The molecule has 0 N–H and O–H groups in total. The summed E-state index contributed by atoms with van der Waals surface area (Å²) >= 11 is 0. The maximum Gasteiger partial charge on any atom is 0.380 e. The van der Waals surface area contributed by atoms with E-state index in [1.165, 1.54) is 6.07 Å². The SMILES string of the molecule is CC1(C)CO[P+]([O-])(OCc2ccccc2[N+](=O)[O-])O[C@H]1c1ccccc1. The normalized spacial score (nSPS) is 25.0. The second-order valence-corrected chi connectivity index (χ2v) is 8.39. The first-order valence-corrected chi connectivity index (χ1v) is 9.62. The van der Waals surface area contributed by atoms with Gasteiger partial charge in [0.05, 0.1) is 10.5 Å². The Balaban J connectivity index is 1.77. The Kier molecular flexibility index (Phi) is 5.37. The molecule has 1 aliphatic heterocycles. The molecule has 2 atom stereocenters. The van der Waals surface area contributed by atoms with Crippen molar-refractivity contribution in [3.63, 3.8) is 0 Å². The summed E-state index contributed by atoms with van der Waals surface area (Å²) in [4.78, 5) is 23.5. The molecule has 1 saturated heterocycles. The van der Waals surface area contributed by atoms with Crippen LogP contribution in [0.15, 0.2) is 54.6 Å². The molecule has 0 bridgehead atoms. The summed E-state index contributed by atoms with van der Waals surface area (Å²) in [6, 6.07) is 15.6. The highest BCUT2D eigenvalue weighted by atomic mass is 31.2. The molecule has 0 aromatic heterocycles. The highest BCUT2D eigenvalue weighted by Crippen LogP contribution is 2.64. The van der Waals surface area contributed by atoms with Crippen LogP contribution in [0.25, 0.3) is 0 Å². The Bertz CT molecular complexity index is 784. The van der Waals surface area contributed by atoms with E-state index in [2.05, 4.69) is 0 Å². The molecule has 0 radical (unpaired) electrons. The standard InChI is InChI=1S/C18H20NO6P/c1-18(2)13-24-26(22,25-17(18)14-8-4-3-5-9-14)23-12-15-10-6-7-11-16(15)19(20)21/h3-11,17H,12-13H2,1-2H3/t17-,26?/m0/s1. The third-order valence-corrected chi connectivity index (χ3v) is 5.57. The number of hydrogen-bond donors (Lipinski definition) is 0. The molecule has 1 fully saturated rings. The van der Waals surface area contributed by atoms with Crippen LogP contribution in [0.5, 0.6) is 0 Å². The number of nitrogens with zero attached hydrogens (tertiary/aromatic N) is 1. The molecule has 2 aromatic rings. The molecule has 0 spiro atoms. The summed E-state index contributed by atoms with van der Waals surface area (Å²) in [6.45, 7) is 3.85. The summed E-state index contributed by atoms with van der Waals surface area (Å²) in [6.07, 6.45) is -0.478. The first-order valence-electron chi connectivity index (χ1n) is 8.15. The van der Waals surface area contributed by atoms with Crippen molar-refractivity contribution in [2.75, 3.05) is 6.61 Å². The lowest BCUT2D eigenvalue weighted by atomic mass is 9.83. The minimum atomic E-state index is -3.85. The zero-order valence-corrected chi connectivity index (χ0v) is 15.4. The second-order valence-electron chi connectivity index (χ2n) is 6.76. The Morgan fingerprint density at radius 3 is 2.54 bits per heavy atom. The number of para-hydroxylation sites is 1. The molecule has 8 heteroatoms. The van der Waals surface area contributed by atoms with Crippen LogP contribution in [0.3, 0.4) is 0 Å². The fraction of sp³-hybridized carbons (Fsp3) is 0.333. The van der Waals surface area contributed by atoms with Crippen LogP contribution in [0.4, 0.5) is 5.69 Å². The van der Waals surface area contributed by atoms with Gasteiger partial charge in [-0.05, 0) is 11.6 Å². The average Bonchev–Trinajstić information content (AvgIpc) is 2.63. The molecule has 0 amide bonds. The van der Waals surface area contributed by atoms with Crippen LogP contribution >= 0.6 is 8.17 Å². The predicted octanol–water partition coefficient (Wildman–Crippen LogP) is 3.96. The number of phosphoric ester groups is 1. The minimum absolute atomic E-state index is 0.101. The first kappa shape index (κ1) is 18.9. The smallest absolute Gasteiger partial charge is 0.380 e. The molecule has 1 aliphatic rings. The van der Waals surface area contributed by atoms with Crippen LogP contribution in [0.1, 0.15) is 31.1 Å². The van der Waals surface area contributed by atoms with Gasteiger partial charge in [0.25, 0.3) is 5.69 Å². The fourth-order valence-electron chi connectivity index (χ4n) is 2.79. The Hall–Kier alpha value is -1.89. The summed E-state index contributed by atoms with van der Waals surface area (Å²) in [5.74, 6) is 0. The number of phosphoric acid groups is 1. The van der Waals surface area contributed by atoms with Gasteiger partial charge in [-0.25, -0.2) is 0 Å². The van der Waals surface area contributed by atoms with Gasteiger partial charge in [0.15, 0.2) is 0 Å². The minimum Gasteiger partial charge on any atom is -0.606 e. The number of nitro groups is 1. The van der Waals surface area contributed by atoms with Gasteiger partial charge in [0.1, 0.15) is 19.3 Å². The van der Waals surface area contributed by atoms with Gasteiger partial charge in [0, 0.05) is 11.5 Å². The van der Waals surface area contributed by atoms with E-state index in [0.717, 1.165) is 5.56 Å². The number of nitro benzene ring substituents is 1. The fourth-order valence-corrected chi connectivity index (χ4v) is 4.44. The quantitative estimate of drug-likeness (QED) is 0.445. The molecular formula is C18H20NO6P. The average molecular weight is 377 g/mol. The highest BCUT2D eigenvalue weighted by Gasteiger charge is 2.50. The van der Waals surface area contributed by atoms with Crippen LogP contribution in [-0.2, 0) is 20.2 Å². The maximum atomic E-state index is 12.9. The molecule has 0 aliphatic carbocycles. The second kappa shape index (κ2) is 7.39. The topological polar surface area (TPSA) is 93.9 Å². The van der Waals surface area contributed by atoms with E-state index in [4.69, 9.17) is 13.6 Å². The van der Waals surface area contributed by atoms with Gasteiger partial charge in [-0.2, -0.15) is 13.6 Å². The summed E-state index contributed by atoms with van der Waals surface area (Å²) in [5, 5.41) is 11.1. The summed E-state index contributed by atoms with van der Waals surface area (Å²) in [5.41, 5.74) is 0.671. The molecule has 1 unspecified atom stereocenters. The molecule has 26 heavy (non-hydrogen) atoms. The zero-order chi connectivity index (χ0) is 18.8. The van der Waals surface area contributed by atoms with Crippen molar-refractivity contribution in [1.29, 1.82) is 0 Å². The lowest BCUT2D eigenvalue weighted by molar-refractivity contribution is -0.385. The van der Waals surface area contributed by atoms with Gasteiger partial charge in [0.2, 0.25) is 0 Å². The monoisotopic (exact) mass is 377 g/mol. The van der Waals surface area contributed by atoms with Crippen LogP contribution in [-0.4, -0.2) is 11.5 Å². The molecular weight excluding hydrogens is 357 g/mol. The van der Waals surface area contributed by atoms with Crippen LogP contribution < -0.4 is 4.89 Å². The Morgan fingerprint density at radius 2 is 1.85 bits per heavy atom. The number of hydrogen-bond acceptors (Lipinski definition) is 6. The lowest BCUT2D eigenvalue weighted by Gasteiger charge is -2.42. The van der Waals surface area contributed by atoms with Crippen molar-refractivity contribution in [1.82, 2.24) is 0 Å². The van der Waals surface area contributed by atoms with Gasteiger partial charge >= 0.3 is 8.17 Å². The Labute approximate surface area is 152 Å².